The number of likely N-dealkylation sites (N-methyl/N-ethyl adjacent to an activating group) is 1. The fourth-order valence-electron chi connectivity index (χ4n) is 1.46. The van der Waals surface area contributed by atoms with E-state index in [0.29, 0.717) is 0 Å². The maximum atomic E-state index is 11.5. The summed E-state index contributed by atoms with van der Waals surface area (Å²) in [5.74, 6) is 0.761. The number of guanidine groups is 1. The number of nitrogens with zero attached hydrogens (tertiary/aromatic N) is 2. The molecule has 0 aromatic carbocycles. The molecule has 0 fully saturated rings. The molecule has 0 saturated heterocycles. The predicted octanol–water partition coefficient (Wildman–Crippen LogP) is 1.60. The number of hydrogen-bond donors (Lipinski definition) is 2. The largest absolute Gasteiger partial charge is 0.356 e. The molecule has 2 N–H and O–H groups in total. The molecule has 5 heteroatoms. The Kier molecular flexibility index (Phi) is 11.0. The SMILES string of the molecule is CCCCCCNC(=NCC(=O)N(C)C)NCCC. The molecule has 0 aliphatic carbocycles. The summed E-state index contributed by atoms with van der Waals surface area (Å²) in [5, 5.41) is 6.50. The number of nitrogens with one attached hydrogen (secondary N) is 2. The first kappa shape index (κ1) is 17.7. The van der Waals surface area contributed by atoms with Crippen molar-refractivity contribution in [2.45, 2.75) is 46.0 Å². The van der Waals surface area contributed by atoms with Crippen LogP contribution in [-0.4, -0.2) is 50.5 Å². The molecule has 5 nitrogen and oxygen atoms in total. The Morgan fingerprint density at radius 2 is 1.68 bits per heavy atom. The molecule has 19 heavy (non-hydrogen) atoms. The van der Waals surface area contributed by atoms with E-state index in [1.807, 2.05) is 0 Å². The van der Waals surface area contributed by atoms with Crippen molar-refractivity contribution < 1.29 is 4.79 Å². The van der Waals surface area contributed by atoms with Gasteiger partial charge in [0.15, 0.2) is 5.96 Å². The first-order valence-corrected chi connectivity index (χ1v) is 7.34. The number of rotatable bonds is 9. The molecule has 0 unspecified atom stereocenters. The van der Waals surface area contributed by atoms with Crippen molar-refractivity contribution in [3.63, 3.8) is 0 Å². The van der Waals surface area contributed by atoms with E-state index in [1.165, 1.54) is 19.3 Å². The highest BCUT2D eigenvalue weighted by Gasteiger charge is 2.03. The normalized spacial score (nSPS) is 11.3. The van der Waals surface area contributed by atoms with Crippen LogP contribution in [0.2, 0.25) is 0 Å². The highest BCUT2D eigenvalue weighted by Crippen LogP contribution is 1.96. The number of carbonyl (C=O) groups excluding carboxylic acids is 1. The molecule has 0 aromatic rings. The van der Waals surface area contributed by atoms with Crippen molar-refractivity contribution in [3.05, 3.63) is 0 Å². The minimum Gasteiger partial charge on any atom is -0.356 e. The summed E-state index contributed by atoms with van der Waals surface area (Å²) >= 11 is 0. The number of unbranched alkanes of at least 4 members (excludes halogenated alkanes) is 3. The molecule has 0 aliphatic heterocycles. The molecular formula is C14H30N4O. The summed E-state index contributed by atoms with van der Waals surface area (Å²) in [6, 6.07) is 0. The van der Waals surface area contributed by atoms with Gasteiger partial charge in [-0.05, 0) is 12.8 Å². The average molecular weight is 270 g/mol. The van der Waals surface area contributed by atoms with Crippen LogP contribution in [0.1, 0.15) is 46.0 Å². The van der Waals surface area contributed by atoms with Gasteiger partial charge >= 0.3 is 0 Å². The highest BCUT2D eigenvalue weighted by atomic mass is 16.2. The number of aliphatic imine (C=N–C) groups is 1. The Morgan fingerprint density at radius 3 is 2.26 bits per heavy atom. The van der Waals surface area contributed by atoms with E-state index < -0.39 is 0 Å². The van der Waals surface area contributed by atoms with Crippen LogP contribution < -0.4 is 10.6 Å². The number of amides is 1. The molecule has 112 valence electrons. The minimum atomic E-state index is 0.0172. The zero-order valence-corrected chi connectivity index (χ0v) is 13.0. The van der Waals surface area contributed by atoms with Crippen LogP contribution in [0.3, 0.4) is 0 Å². The first-order chi connectivity index (χ1) is 9.11. The van der Waals surface area contributed by atoms with E-state index in [-0.39, 0.29) is 12.5 Å². The summed E-state index contributed by atoms with van der Waals surface area (Å²) in [4.78, 5) is 17.4. The second-order valence-corrected chi connectivity index (χ2v) is 4.87. The topological polar surface area (TPSA) is 56.7 Å². The molecule has 0 aliphatic rings. The summed E-state index contributed by atoms with van der Waals surface area (Å²) < 4.78 is 0. The average Bonchev–Trinajstić information content (AvgIpc) is 2.40. The van der Waals surface area contributed by atoms with E-state index in [0.717, 1.165) is 31.9 Å². The molecule has 0 bridgehead atoms. The van der Waals surface area contributed by atoms with Crippen molar-refractivity contribution in [1.29, 1.82) is 0 Å². The van der Waals surface area contributed by atoms with Crippen molar-refractivity contribution >= 4 is 11.9 Å². The fourth-order valence-corrected chi connectivity index (χ4v) is 1.46. The molecule has 0 aromatic heterocycles. The van der Waals surface area contributed by atoms with Gasteiger partial charge in [-0.3, -0.25) is 4.79 Å². The maximum Gasteiger partial charge on any atom is 0.243 e. The van der Waals surface area contributed by atoms with Gasteiger partial charge in [-0.25, -0.2) is 4.99 Å². The summed E-state index contributed by atoms with van der Waals surface area (Å²) in [6.45, 7) is 6.29. The van der Waals surface area contributed by atoms with Gasteiger partial charge in [-0.2, -0.15) is 0 Å². The summed E-state index contributed by atoms with van der Waals surface area (Å²) in [6.07, 6.45) is 5.93. The van der Waals surface area contributed by atoms with Gasteiger partial charge in [0.05, 0.1) is 0 Å². The number of hydrogen-bond acceptors (Lipinski definition) is 2. The van der Waals surface area contributed by atoms with Gasteiger partial charge in [0.25, 0.3) is 0 Å². The van der Waals surface area contributed by atoms with Gasteiger partial charge in [-0.15, -0.1) is 0 Å². The standard InChI is InChI=1S/C14H30N4O/c1-5-7-8-9-11-16-14(15-10-6-2)17-12-13(19)18(3)4/h5-12H2,1-4H3,(H2,15,16,17). The third-order valence-corrected chi connectivity index (χ3v) is 2.74. The molecule has 0 heterocycles. The van der Waals surface area contributed by atoms with E-state index in [2.05, 4.69) is 29.5 Å². The monoisotopic (exact) mass is 270 g/mol. The van der Waals surface area contributed by atoms with Gasteiger partial charge < -0.3 is 15.5 Å². The van der Waals surface area contributed by atoms with Crippen LogP contribution in [0.25, 0.3) is 0 Å². The second-order valence-electron chi connectivity index (χ2n) is 4.87. The maximum absolute atomic E-state index is 11.5. The van der Waals surface area contributed by atoms with Crippen LogP contribution in [0.15, 0.2) is 4.99 Å². The smallest absolute Gasteiger partial charge is 0.243 e. The number of carbonyl (C=O) groups is 1. The van der Waals surface area contributed by atoms with Crippen molar-refractivity contribution in [2.24, 2.45) is 4.99 Å². The van der Waals surface area contributed by atoms with Gasteiger partial charge in [0.1, 0.15) is 6.54 Å². The summed E-state index contributed by atoms with van der Waals surface area (Å²) in [5.41, 5.74) is 0. The van der Waals surface area contributed by atoms with E-state index >= 15 is 0 Å². The Bertz CT molecular complexity index is 264. The van der Waals surface area contributed by atoms with E-state index in [9.17, 15) is 4.79 Å². The lowest BCUT2D eigenvalue weighted by Gasteiger charge is -2.13. The van der Waals surface area contributed by atoms with E-state index in [1.54, 1.807) is 19.0 Å². The minimum absolute atomic E-state index is 0.0172. The molecule has 0 radical (unpaired) electrons. The molecule has 0 spiro atoms. The molecular weight excluding hydrogens is 240 g/mol. The first-order valence-electron chi connectivity index (χ1n) is 7.34. The Morgan fingerprint density at radius 1 is 1.00 bits per heavy atom. The van der Waals surface area contributed by atoms with Crippen LogP contribution in [0, 0.1) is 0 Å². The zero-order valence-electron chi connectivity index (χ0n) is 13.0. The Balaban J connectivity index is 4.06. The van der Waals surface area contributed by atoms with Crippen LogP contribution >= 0.6 is 0 Å². The molecule has 0 saturated carbocycles. The lowest BCUT2D eigenvalue weighted by molar-refractivity contribution is -0.127. The second kappa shape index (κ2) is 11.8. The van der Waals surface area contributed by atoms with Crippen molar-refractivity contribution in [2.75, 3.05) is 33.7 Å². The lowest BCUT2D eigenvalue weighted by Crippen LogP contribution is -2.39. The van der Waals surface area contributed by atoms with Crippen molar-refractivity contribution in [1.82, 2.24) is 15.5 Å². The third kappa shape index (κ3) is 10.4. The Labute approximate surface area is 117 Å². The summed E-state index contributed by atoms with van der Waals surface area (Å²) in [7, 11) is 3.49. The Hall–Kier alpha value is -1.26. The van der Waals surface area contributed by atoms with Gasteiger partial charge in [-0.1, -0.05) is 33.1 Å². The fraction of sp³-hybridized carbons (Fsp3) is 0.857. The van der Waals surface area contributed by atoms with Crippen molar-refractivity contribution in [3.8, 4) is 0 Å². The third-order valence-electron chi connectivity index (χ3n) is 2.74. The quantitative estimate of drug-likeness (QED) is 0.380. The van der Waals surface area contributed by atoms with Crippen LogP contribution in [-0.2, 0) is 4.79 Å². The molecule has 0 rings (SSSR count). The predicted molar refractivity (Wildman–Crippen MR) is 81.4 cm³/mol. The zero-order chi connectivity index (χ0) is 14.5. The highest BCUT2D eigenvalue weighted by molar-refractivity contribution is 5.84. The van der Waals surface area contributed by atoms with Crippen LogP contribution in [0.5, 0.6) is 0 Å². The van der Waals surface area contributed by atoms with Gasteiger partial charge in [0.2, 0.25) is 5.91 Å². The molecule has 1 amide bonds. The van der Waals surface area contributed by atoms with Crippen LogP contribution in [0.4, 0.5) is 0 Å². The van der Waals surface area contributed by atoms with E-state index in [4.69, 9.17) is 0 Å². The van der Waals surface area contributed by atoms with Gasteiger partial charge in [0, 0.05) is 27.2 Å². The lowest BCUT2D eigenvalue weighted by atomic mass is 10.2. The molecule has 0 atom stereocenters.